The highest BCUT2D eigenvalue weighted by atomic mass is 32.1. The average Bonchev–Trinajstić information content (AvgIpc) is 2.84. The first-order chi connectivity index (χ1) is 16.0. The van der Waals surface area contributed by atoms with Crippen molar-refractivity contribution in [1.29, 1.82) is 0 Å². The number of methoxy groups -OCH3 is 1. The van der Waals surface area contributed by atoms with Crippen molar-refractivity contribution in [2.75, 3.05) is 24.3 Å². The molecule has 5 nitrogen and oxygen atoms in total. The molecule has 1 amide bonds. The van der Waals surface area contributed by atoms with Crippen molar-refractivity contribution in [3.63, 3.8) is 0 Å². The lowest BCUT2D eigenvalue weighted by molar-refractivity contribution is -0.137. The minimum atomic E-state index is -1.05. The van der Waals surface area contributed by atoms with Gasteiger partial charge in [-0.15, -0.1) is 0 Å². The third-order valence-electron chi connectivity index (χ3n) is 5.54. The first-order valence-corrected chi connectivity index (χ1v) is 11.5. The van der Waals surface area contributed by atoms with Gasteiger partial charge in [-0.3, -0.25) is 9.59 Å². The second-order valence-electron chi connectivity index (χ2n) is 7.92. The van der Waals surface area contributed by atoms with Gasteiger partial charge in [0.2, 0.25) is 5.91 Å². The maximum absolute atomic E-state index is 13.4. The molecule has 1 N–H and O–H groups in total. The summed E-state index contributed by atoms with van der Waals surface area (Å²) in [5.74, 6) is -0.500. The van der Waals surface area contributed by atoms with Crippen LogP contribution in [0.5, 0.6) is 5.75 Å². The molecule has 33 heavy (non-hydrogen) atoms. The summed E-state index contributed by atoms with van der Waals surface area (Å²) in [7, 11) is 1.63. The number of carboxylic acids is 1. The van der Waals surface area contributed by atoms with Crippen molar-refractivity contribution in [3.8, 4) is 5.75 Å². The van der Waals surface area contributed by atoms with E-state index < -0.39 is 5.97 Å². The van der Waals surface area contributed by atoms with Gasteiger partial charge in [0.1, 0.15) is 12.3 Å². The number of carbonyl (C=O) groups excluding carboxylic acids is 1. The molecule has 0 aromatic heterocycles. The number of aliphatic carboxylic acids is 1. The summed E-state index contributed by atoms with van der Waals surface area (Å²) in [5, 5.41) is 9.49. The summed E-state index contributed by atoms with van der Waals surface area (Å²) in [6.07, 6.45) is 2.00. The molecular weight excluding hydrogens is 434 g/mol. The van der Waals surface area contributed by atoms with Crippen LogP contribution in [0.1, 0.15) is 23.1 Å². The van der Waals surface area contributed by atoms with Gasteiger partial charge in [-0.25, -0.2) is 0 Å². The minimum absolute atomic E-state index is 0.218. The topological polar surface area (TPSA) is 66.8 Å². The normalized spacial score (nSPS) is 11.6. The molecule has 1 unspecified atom stereocenters. The van der Waals surface area contributed by atoms with Crippen LogP contribution in [-0.2, 0) is 22.4 Å². The molecule has 0 aliphatic rings. The Kier molecular flexibility index (Phi) is 8.95. The Balaban J connectivity index is 1.78. The summed E-state index contributed by atoms with van der Waals surface area (Å²) in [5.41, 5.74) is 3.82. The molecule has 3 aromatic rings. The number of rotatable bonds is 11. The van der Waals surface area contributed by atoms with E-state index in [4.69, 9.17) is 4.74 Å². The smallest absolute Gasteiger partial charge is 0.323 e. The zero-order valence-corrected chi connectivity index (χ0v) is 19.6. The Morgan fingerprint density at radius 2 is 1.64 bits per heavy atom. The van der Waals surface area contributed by atoms with Gasteiger partial charge in [0, 0.05) is 17.4 Å². The summed E-state index contributed by atoms with van der Waals surface area (Å²) >= 11 is 4.40. The molecule has 0 fully saturated rings. The maximum atomic E-state index is 13.4. The number of hydrogen-bond acceptors (Lipinski definition) is 4. The molecule has 3 rings (SSSR count). The second kappa shape index (κ2) is 12.1. The highest BCUT2D eigenvalue weighted by Crippen LogP contribution is 2.23. The molecule has 0 saturated carbocycles. The van der Waals surface area contributed by atoms with Gasteiger partial charge in [0.05, 0.1) is 7.11 Å². The average molecular weight is 464 g/mol. The summed E-state index contributed by atoms with van der Waals surface area (Å²) in [4.78, 5) is 26.3. The molecule has 0 spiro atoms. The largest absolute Gasteiger partial charge is 0.497 e. The van der Waals surface area contributed by atoms with Crippen LogP contribution in [0, 0.1) is 5.92 Å². The number of anilines is 1. The number of benzene rings is 3. The number of amides is 1. The van der Waals surface area contributed by atoms with Gasteiger partial charge in [-0.2, -0.15) is 12.6 Å². The van der Waals surface area contributed by atoms with Gasteiger partial charge in [-0.05, 0) is 60.2 Å². The molecule has 6 heteroatoms. The van der Waals surface area contributed by atoms with Gasteiger partial charge < -0.3 is 14.7 Å². The van der Waals surface area contributed by atoms with E-state index in [9.17, 15) is 14.7 Å². The number of carbonyl (C=O) groups is 2. The monoisotopic (exact) mass is 463 g/mol. The number of carboxylic acid groups (broad SMARTS) is 1. The van der Waals surface area contributed by atoms with E-state index in [0.29, 0.717) is 24.3 Å². The Bertz CT molecular complexity index is 1050. The zero-order valence-electron chi connectivity index (χ0n) is 18.7. The van der Waals surface area contributed by atoms with Crippen LogP contribution in [0.15, 0.2) is 78.9 Å². The summed E-state index contributed by atoms with van der Waals surface area (Å²) < 4.78 is 5.21. The van der Waals surface area contributed by atoms with Crippen LogP contribution in [0.4, 0.5) is 5.69 Å². The van der Waals surface area contributed by atoms with Crippen molar-refractivity contribution in [1.82, 2.24) is 0 Å². The van der Waals surface area contributed by atoms with E-state index in [2.05, 4.69) is 12.6 Å². The molecule has 0 radical (unpaired) electrons. The highest BCUT2D eigenvalue weighted by molar-refractivity contribution is 7.80. The zero-order chi connectivity index (χ0) is 23.6. The number of thiol groups is 1. The van der Waals surface area contributed by atoms with Crippen molar-refractivity contribution in [3.05, 3.63) is 95.6 Å². The number of nitrogens with zero attached hydrogens (tertiary/aromatic N) is 1. The quantitative estimate of drug-likeness (QED) is 0.398. The molecule has 3 aromatic carbocycles. The fourth-order valence-electron chi connectivity index (χ4n) is 3.74. The molecule has 172 valence electrons. The third-order valence-corrected chi connectivity index (χ3v) is 5.98. The van der Waals surface area contributed by atoms with E-state index in [1.165, 1.54) is 4.90 Å². The van der Waals surface area contributed by atoms with Gasteiger partial charge >= 0.3 is 5.97 Å². The van der Waals surface area contributed by atoms with Crippen LogP contribution in [0.3, 0.4) is 0 Å². The highest BCUT2D eigenvalue weighted by Gasteiger charge is 2.26. The van der Waals surface area contributed by atoms with E-state index in [1.54, 1.807) is 13.2 Å². The number of aryl methyl sites for hydroxylation is 1. The standard InChI is InChI=1S/C27H29NO4S/c1-32-25-14-11-21(12-15-25)16-22-8-5-9-24(17-22)28(18-26(29)30)27(31)23(19-33)13-10-20-6-3-2-4-7-20/h2-9,11-12,14-15,17,23,33H,10,13,16,18-19H2,1H3,(H,29,30). The lowest BCUT2D eigenvalue weighted by Gasteiger charge is -2.26. The predicted octanol–water partition coefficient (Wildman–Crippen LogP) is 4.88. The van der Waals surface area contributed by atoms with Gasteiger partial charge in [0.15, 0.2) is 0 Å². The van der Waals surface area contributed by atoms with Crippen LogP contribution in [0.2, 0.25) is 0 Å². The molecule has 1 atom stereocenters. The van der Waals surface area contributed by atoms with Crippen LogP contribution in [-0.4, -0.2) is 36.4 Å². The SMILES string of the molecule is COc1ccc(Cc2cccc(N(CC(=O)O)C(=O)C(CS)CCc3ccccc3)c2)cc1. The Morgan fingerprint density at radius 3 is 2.27 bits per heavy atom. The summed E-state index contributed by atoms with van der Waals surface area (Å²) in [6.45, 7) is -0.388. The van der Waals surface area contributed by atoms with E-state index in [1.807, 2.05) is 72.8 Å². The predicted molar refractivity (Wildman–Crippen MR) is 134 cm³/mol. The van der Waals surface area contributed by atoms with Crippen molar-refractivity contribution >= 4 is 30.2 Å². The van der Waals surface area contributed by atoms with Crippen LogP contribution < -0.4 is 9.64 Å². The third kappa shape index (κ3) is 7.12. The molecule has 0 aliphatic heterocycles. The first-order valence-electron chi connectivity index (χ1n) is 10.9. The molecular formula is C27H29NO4S. The Hall–Kier alpha value is -3.25. The Morgan fingerprint density at radius 1 is 0.939 bits per heavy atom. The second-order valence-corrected chi connectivity index (χ2v) is 8.28. The van der Waals surface area contributed by atoms with Crippen LogP contribution >= 0.6 is 12.6 Å². The summed E-state index contributed by atoms with van der Waals surface area (Å²) in [6, 6.07) is 25.2. The fraction of sp³-hybridized carbons (Fsp3) is 0.259. The molecule has 0 bridgehead atoms. The number of hydrogen-bond donors (Lipinski definition) is 2. The van der Waals surface area contributed by atoms with Crippen molar-refractivity contribution in [2.24, 2.45) is 5.92 Å². The van der Waals surface area contributed by atoms with Gasteiger partial charge in [0.25, 0.3) is 0 Å². The molecule has 0 heterocycles. The number of ether oxygens (including phenoxy) is 1. The van der Waals surface area contributed by atoms with E-state index in [-0.39, 0.29) is 18.4 Å². The molecule has 0 saturated heterocycles. The first kappa shape index (κ1) is 24.4. The maximum Gasteiger partial charge on any atom is 0.323 e. The Labute approximate surface area is 200 Å². The van der Waals surface area contributed by atoms with Crippen molar-refractivity contribution < 1.29 is 19.4 Å². The van der Waals surface area contributed by atoms with E-state index in [0.717, 1.165) is 28.9 Å². The fourth-order valence-corrected chi connectivity index (χ4v) is 4.08. The van der Waals surface area contributed by atoms with Gasteiger partial charge in [-0.1, -0.05) is 54.6 Å². The van der Waals surface area contributed by atoms with E-state index >= 15 is 0 Å². The van der Waals surface area contributed by atoms with Crippen molar-refractivity contribution in [2.45, 2.75) is 19.3 Å². The molecule has 0 aliphatic carbocycles. The lowest BCUT2D eigenvalue weighted by Crippen LogP contribution is -2.40. The van der Waals surface area contributed by atoms with Crippen LogP contribution in [0.25, 0.3) is 0 Å². The lowest BCUT2D eigenvalue weighted by atomic mass is 9.98. The minimum Gasteiger partial charge on any atom is -0.497 e.